The molecule has 2 heterocycles. The number of amides is 3. The second-order valence-corrected chi connectivity index (χ2v) is 7.51. The lowest BCUT2D eigenvalue weighted by Gasteiger charge is -2.28. The normalized spacial score (nSPS) is 18.7. The van der Waals surface area contributed by atoms with Crippen molar-refractivity contribution in [2.45, 2.75) is 31.6 Å². The van der Waals surface area contributed by atoms with E-state index in [0.717, 1.165) is 16.8 Å². The molecular formula is C23H27N3O4. The predicted octanol–water partition coefficient (Wildman–Crippen LogP) is 1.78. The number of nitrogens with zero attached hydrogens (tertiary/aromatic N) is 2. The van der Waals surface area contributed by atoms with Gasteiger partial charge in [-0.1, -0.05) is 30.3 Å². The summed E-state index contributed by atoms with van der Waals surface area (Å²) in [5, 5.41) is 2.88. The number of nitrogens with one attached hydrogen (secondary N) is 1. The van der Waals surface area contributed by atoms with Gasteiger partial charge in [0, 0.05) is 44.8 Å². The van der Waals surface area contributed by atoms with Gasteiger partial charge in [-0.15, -0.1) is 0 Å². The minimum atomic E-state index is -1.19. The van der Waals surface area contributed by atoms with E-state index in [4.69, 9.17) is 4.74 Å². The molecular weight excluding hydrogens is 382 g/mol. The molecule has 1 aliphatic rings. The Balaban J connectivity index is 1.79. The first-order valence-corrected chi connectivity index (χ1v) is 10.0. The summed E-state index contributed by atoms with van der Waals surface area (Å²) in [6, 6.07) is 13.1. The Kier molecular flexibility index (Phi) is 6.95. The number of aromatic nitrogens is 1. The molecule has 1 N–H and O–H groups in total. The maximum atomic E-state index is 13.4. The maximum absolute atomic E-state index is 13.4. The summed E-state index contributed by atoms with van der Waals surface area (Å²) in [7, 11) is 1.52. The Hall–Kier alpha value is -3.06. The first-order valence-electron chi connectivity index (χ1n) is 10.0. The summed E-state index contributed by atoms with van der Waals surface area (Å²) in [5.74, 6) is -0.871. The third kappa shape index (κ3) is 4.57. The first kappa shape index (κ1) is 21.6. The monoisotopic (exact) mass is 409 g/mol. The highest BCUT2D eigenvalue weighted by Crippen LogP contribution is 2.41. The molecule has 1 saturated heterocycles. The van der Waals surface area contributed by atoms with Crippen molar-refractivity contribution in [2.24, 2.45) is 0 Å². The van der Waals surface area contributed by atoms with E-state index in [-0.39, 0.29) is 43.7 Å². The average molecular weight is 409 g/mol. The standard InChI is InChI=1S/C23H27N3O4/c1-17-7-3-4-9-19(17)23(16-21(28)26(22(23)29)13-14-30-2)15-20(27)25-12-10-18-8-5-6-11-24-18/h3-9,11H,10,12-16H2,1-2H3,(H,25,27)/t23-/m0/s1. The number of carbonyl (C=O) groups is 3. The summed E-state index contributed by atoms with van der Waals surface area (Å²) in [6.07, 6.45) is 2.21. The Bertz CT molecular complexity index is 916. The van der Waals surface area contributed by atoms with Crippen molar-refractivity contribution in [3.63, 3.8) is 0 Å². The fourth-order valence-electron chi connectivity index (χ4n) is 3.98. The van der Waals surface area contributed by atoms with Gasteiger partial charge in [0.15, 0.2) is 0 Å². The van der Waals surface area contributed by atoms with E-state index in [1.165, 1.54) is 12.0 Å². The third-order valence-electron chi connectivity index (χ3n) is 5.48. The van der Waals surface area contributed by atoms with Crippen molar-refractivity contribution in [1.29, 1.82) is 0 Å². The van der Waals surface area contributed by atoms with E-state index >= 15 is 0 Å². The fourth-order valence-corrected chi connectivity index (χ4v) is 3.98. The lowest BCUT2D eigenvalue weighted by molar-refractivity contribution is -0.141. The van der Waals surface area contributed by atoms with Gasteiger partial charge < -0.3 is 10.1 Å². The third-order valence-corrected chi connectivity index (χ3v) is 5.48. The van der Waals surface area contributed by atoms with E-state index in [0.29, 0.717) is 13.0 Å². The van der Waals surface area contributed by atoms with Gasteiger partial charge in [-0.2, -0.15) is 0 Å². The van der Waals surface area contributed by atoms with Gasteiger partial charge in [0.05, 0.1) is 18.6 Å². The fraction of sp³-hybridized carbons (Fsp3) is 0.391. The zero-order chi connectivity index (χ0) is 21.6. The predicted molar refractivity (Wildman–Crippen MR) is 112 cm³/mol. The Morgan fingerprint density at radius 3 is 2.67 bits per heavy atom. The number of benzene rings is 1. The molecule has 1 aromatic carbocycles. The highest BCUT2D eigenvalue weighted by Gasteiger charge is 2.54. The highest BCUT2D eigenvalue weighted by molar-refractivity contribution is 6.10. The smallest absolute Gasteiger partial charge is 0.240 e. The van der Waals surface area contributed by atoms with Crippen LogP contribution in [0.15, 0.2) is 48.7 Å². The Morgan fingerprint density at radius 2 is 1.97 bits per heavy atom. The minimum Gasteiger partial charge on any atom is -0.383 e. The van der Waals surface area contributed by atoms with Crippen LogP contribution in [0.5, 0.6) is 0 Å². The second-order valence-electron chi connectivity index (χ2n) is 7.51. The van der Waals surface area contributed by atoms with Crippen LogP contribution in [0.3, 0.4) is 0 Å². The molecule has 0 radical (unpaired) electrons. The van der Waals surface area contributed by atoms with Crippen molar-refractivity contribution < 1.29 is 19.1 Å². The van der Waals surface area contributed by atoms with Gasteiger partial charge in [-0.25, -0.2) is 0 Å². The van der Waals surface area contributed by atoms with Crippen LogP contribution in [0.4, 0.5) is 0 Å². The lowest BCUT2D eigenvalue weighted by atomic mass is 9.74. The average Bonchev–Trinajstić information content (AvgIpc) is 2.97. The van der Waals surface area contributed by atoms with Crippen LogP contribution in [-0.4, -0.2) is 54.4 Å². The van der Waals surface area contributed by atoms with Crippen molar-refractivity contribution in [2.75, 3.05) is 26.8 Å². The number of aryl methyl sites for hydroxylation is 1. The Morgan fingerprint density at radius 1 is 1.20 bits per heavy atom. The Labute approximate surface area is 176 Å². The van der Waals surface area contributed by atoms with Gasteiger partial charge in [-0.05, 0) is 30.2 Å². The lowest BCUT2D eigenvalue weighted by Crippen LogP contribution is -2.43. The number of likely N-dealkylation sites (tertiary alicyclic amines) is 1. The molecule has 0 unspecified atom stereocenters. The minimum absolute atomic E-state index is 0.0198. The number of rotatable bonds is 9. The number of imide groups is 1. The van der Waals surface area contributed by atoms with E-state index in [9.17, 15) is 14.4 Å². The van der Waals surface area contributed by atoms with Gasteiger partial charge in [0.2, 0.25) is 17.7 Å². The molecule has 1 fully saturated rings. The molecule has 3 amide bonds. The molecule has 0 bridgehead atoms. The van der Waals surface area contributed by atoms with E-state index in [2.05, 4.69) is 10.3 Å². The van der Waals surface area contributed by atoms with Crippen LogP contribution in [0.1, 0.15) is 29.7 Å². The van der Waals surface area contributed by atoms with Gasteiger partial charge in [0.25, 0.3) is 0 Å². The van der Waals surface area contributed by atoms with Gasteiger partial charge >= 0.3 is 0 Å². The van der Waals surface area contributed by atoms with Gasteiger partial charge in [0.1, 0.15) is 0 Å². The summed E-state index contributed by atoms with van der Waals surface area (Å²) in [5.41, 5.74) is 1.30. The van der Waals surface area contributed by atoms with Crippen LogP contribution in [0.25, 0.3) is 0 Å². The number of carbonyl (C=O) groups excluding carboxylic acids is 3. The van der Waals surface area contributed by atoms with E-state index < -0.39 is 5.41 Å². The topological polar surface area (TPSA) is 88.6 Å². The molecule has 1 atom stereocenters. The molecule has 0 spiro atoms. The zero-order valence-corrected chi connectivity index (χ0v) is 17.4. The van der Waals surface area contributed by atoms with Crippen LogP contribution in [0, 0.1) is 6.92 Å². The van der Waals surface area contributed by atoms with Crippen molar-refractivity contribution >= 4 is 17.7 Å². The molecule has 7 heteroatoms. The molecule has 0 saturated carbocycles. The summed E-state index contributed by atoms with van der Waals surface area (Å²) in [4.78, 5) is 44.3. The number of hydrogen-bond acceptors (Lipinski definition) is 5. The second kappa shape index (κ2) is 9.63. The summed E-state index contributed by atoms with van der Waals surface area (Å²) in [6.45, 7) is 2.75. The van der Waals surface area contributed by atoms with Crippen molar-refractivity contribution in [3.8, 4) is 0 Å². The summed E-state index contributed by atoms with van der Waals surface area (Å²) >= 11 is 0. The molecule has 3 rings (SSSR count). The van der Waals surface area contributed by atoms with Crippen molar-refractivity contribution in [1.82, 2.24) is 15.2 Å². The largest absolute Gasteiger partial charge is 0.383 e. The molecule has 158 valence electrons. The number of ether oxygens (including phenoxy) is 1. The van der Waals surface area contributed by atoms with Crippen molar-refractivity contribution in [3.05, 3.63) is 65.5 Å². The molecule has 30 heavy (non-hydrogen) atoms. The van der Waals surface area contributed by atoms with Crippen LogP contribution < -0.4 is 5.32 Å². The molecule has 1 aliphatic heterocycles. The summed E-state index contributed by atoms with van der Waals surface area (Å²) < 4.78 is 5.04. The molecule has 7 nitrogen and oxygen atoms in total. The van der Waals surface area contributed by atoms with Crippen LogP contribution >= 0.6 is 0 Å². The zero-order valence-electron chi connectivity index (χ0n) is 17.4. The van der Waals surface area contributed by atoms with Gasteiger partial charge in [-0.3, -0.25) is 24.3 Å². The van der Waals surface area contributed by atoms with Crippen LogP contribution in [0.2, 0.25) is 0 Å². The molecule has 1 aromatic heterocycles. The maximum Gasteiger partial charge on any atom is 0.240 e. The SMILES string of the molecule is COCCN1C(=O)C[C@@](CC(=O)NCCc2ccccn2)(c2ccccc2C)C1=O. The molecule has 0 aliphatic carbocycles. The number of hydrogen-bond donors (Lipinski definition) is 1. The quantitative estimate of drug-likeness (QED) is 0.638. The van der Waals surface area contributed by atoms with Crippen LogP contribution in [-0.2, 0) is 31.0 Å². The number of pyridine rings is 1. The highest BCUT2D eigenvalue weighted by atomic mass is 16.5. The number of methoxy groups -OCH3 is 1. The molecule has 2 aromatic rings. The van der Waals surface area contributed by atoms with E-state index in [1.807, 2.05) is 49.4 Å². The first-order chi connectivity index (χ1) is 14.5. The van der Waals surface area contributed by atoms with E-state index in [1.54, 1.807) is 6.20 Å².